The Hall–Kier alpha value is -0.590. The molecule has 1 fully saturated rings. The van der Waals surface area contributed by atoms with Crippen molar-refractivity contribution in [3.8, 4) is 0 Å². The second kappa shape index (κ2) is 6.45. The number of ether oxygens (including phenoxy) is 1. The Morgan fingerprint density at radius 1 is 1.45 bits per heavy atom. The molecule has 2 unspecified atom stereocenters. The van der Waals surface area contributed by atoms with Crippen molar-refractivity contribution in [3.05, 3.63) is 33.8 Å². The summed E-state index contributed by atoms with van der Waals surface area (Å²) in [6.07, 6.45) is -0.152. The fraction of sp³-hybridized carbons (Fsp3) is 0.571. The highest BCUT2D eigenvalue weighted by Crippen LogP contribution is 2.29. The van der Waals surface area contributed by atoms with E-state index in [1.807, 2.05) is 0 Å². The Morgan fingerprint density at radius 3 is 2.85 bits per heavy atom. The second-order valence-electron chi connectivity index (χ2n) is 5.34. The molecule has 0 aromatic heterocycles. The summed E-state index contributed by atoms with van der Waals surface area (Å²) in [7, 11) is 0. The first-order chi connectivity index (χ1) is 9.39. The average Bonchev–Trinajstić information content (AvgIpc) is 2.40. The third-order valence-corrected chi connectivity index (χ3v) is 3.97. The van der Waals surface area contributed by atoms with Crippen LogP contribution in [0, 0.1) is 11.6 Å². The van der Waals surface area contributed by atoms with Gasteiger partial charge >= 0.3 is 0 Å². The molecule has 0 radical (unpaired) electrons. The Morgan fingerprint density at radius 2 is 2.20 bits per heavy atom. The number of halogens is 4. The van der Waals surface area contributed by atoms with Crippen LogP contribution in [0.15, 0.2) is 16.6 Å². The lowest BCUT2D eigenvalue weighted by Gasteiger charge is -2.30. The van der Waals surface area contributed by atoms with Crippen LogP contribution in [0.3, 0.4) is 0 Å². The first-order valence-corrected chi connectivity index (χ1v) is 7.31. The van der Waals surface area contributed by atoms with Crippen LogP contribution >= 0.6 is 15.9 Å². The van der Waals surface area contributed by atoms with Crippen molar-refractivity contribution in [1.29, 1.82) is 0 Å². The molecule has 1 aliphatic heterocycles. The van der Waals surface area contributed by atoms with Gasteiger partial charge in [0.25, 0.3) is 0 Å². The van der Waals surface area contributed by atoms with Gasteiger partial charge in [-0.25, -0.2) is 13.2 Å². The average molecular weight is 352 g/mol. The molecular formula is C14H17BrF3NO. The van der Waals surface area contributed by atoms with Crippen LogP contribution in [0.5, 0.6) is 0 Å². The zero-order valence-electron chi connectivity index (χ0n) is 11.2. The zero-order chi connectivity index (χ0) is 14.8. The van der Waals surface area contributed by atoms with Gasteiger partial charge in [-0.3, -0.25) is 0 Å². The van der Waals surface area contributed by atoms with E-state index in [-0.39, 0.29) is 28.9 Å². The highest BCUT2D eigenvalue weighted by Gasteiger charge is 2.31. The first kappa shape index (κ1) is 15.8. The minimum absolute atomic E-state index is 0.128. The number of benzene rings is 1. The summed E-state index contributed by atoms with van der Waals surface area (Å²) in [6, 6.07) is 2.29. The van der Waals surface area contributed by atoms with Gasteiger partial charge in [0.2, 0.25) is 0 Å². The van der Waals surface area contributed by atoms with E-state index in [1.54, 1.807) is 0 Å². The van der Waals surface area contributed by atoms with E-state index in [0.29, 0.717) is 19.8 Å². The van der Waals surface area contributed by atoms with Crippen molar-refractivity contribution < 1.29 is 17.9 Å². The van der Waals surface area contributed by atoms with Gasteiger partial charge in [-0.1, -0.05) is 0 Å². The predicted octanol–water partition coefficient (Wildman–Crippen LogP) is 3.38. The third kappa shape index (κ3) is 3.96. The molecular weight excluding hydrogens is 335 g/mol. The van der Waals surface area contributed by atoms with Crippen LogP contribution in [-0.2, 0) is 11.2 Å². The summed E-state index contributed by atoms with van der Waals surface area (Å²) < 4.78 is 47.6. The predicted molar refractivity (Wildman–Crippen MR) is 74.5 cm³/mol. The van der Waals surface area contributed by atoms with Gasteiger partial charge in [0.15, 0.2) is 0 Å². The van der Waals surface area contributed by atoms with E-state index in [4.69, 9.17) is 4.74 Å². The molecule has 1 aliphatic rings. The molecule has 20 heavy (non-hydrogen) atoms. The van der Waals surface area contributed by atoms with Crippen LogP contribution in [0.2, 0.25) is 0 Å². The SMILES string of the molecule is CC(F)(Cc1c(F)ccc(Br)c1F)CC1COCCN1. The number of hydrogen-bond donors (Lipinski definition) is 1. The van der Waals surface area contributed by atoms with Crippen LogP contribution in [0.4, 0.5) is 13.2 Å². The van der Waals surface area contributed by atoms with Crippen LogP contribution in [-0.4, -0.2) is 31.5 Å². The summed E-state index contributed by atoms with van der Waals surface area (Å²) in [5.41, 5.74) is -1.93. The minimum Gasteiger partial charge on any atom is -0.379 e. The molecule has 2 nitrogen and oxygen atoms in total. The third-order valence-electron chi connectivity index (χ3n) is 3.35. The number of rotatable bonds is 4. The maximum Gasteiger partial charge on any atom is 0.143 e. The summed E-state index contributed by atoms with van der Waals surface area (Å²) >= 11 is 2.99. The van der Waals surface area contributed by atoms with E-state index in [1.165, 1.54) is 13.0 Å². The molecule has 112 valence electrons. The van der Waals surface area contributed by atoms with E-state index in [9.17, 15) is 13.2 Å². The summed E-state index contributed by atoms with van der Waals surface area (Å²) in [6.45, 7) is 3.06. The van der Waals surface area contributed by atoms with E-state index >= 15 is 0 Å². The largest absolute Gasteiger partial charge is 0.379 e. The Bertz CT molecular complexity index is 476. The van der Waals surface area contributed by atoms with E-state index in [2.05, 4.69) is 21.2 Å². The zero-order valence-corrected chi connectivity index (χ0v) is 12.8. The van der Waals surface area contributed by atoms with Crippen LogP contribution in [0.25, 0.3) is 0 Å². The Balaban J connectivity index is 2.09. The van der Waals surface area contributed by atoms with Crippen molar-refractivity contribution in [2.45, 2.75) is 31.5 Å². The molecule has 0 spiro atoms. The fourth-order valence-corrected chi connectivity index (χ4v) is 2.81. The van der Waals surface area contributed by atoms with Gasteiger partial charge in [0.1, 0.15) is 17.3 Å². The highest BCUT2D eigenvalue weighted by molar-refractivity contribution is 9.10. The maximum absolute atomic E-state index is 14.6. The quantitative estimate of drug-likeness (QED) is 0.839. The number of nitrogens with one attached hydrogen (secondary N) is 1. The lowest BCUT2D eigenvalue weighted by atomic mass is 9.91. The van der Waals surface area contributed by atoms with Gasteiger partial charge < -0.3 is 10.1 Å². The van der Waals surface area contributed by atoms with Gasteiger partial charge in [0, 0.05) is 24.6 Å². The van der Waals surface area contributed by atoms with E-state index in [0.717, 1.165) is 6.07 Å². The molecule has 2 atom stereocenters. The van der Waals surface area contributed by atoms with Crippen molar-refractivity contribution >= 4 is 15.9 Å². The molecule has 1 saturated heterocycles. The van der Waals surface area contributed by atoms with Crippen LogP contribution in [0.1, 0.15) is 18.9 Å². The Kier molecular flexibility index (Phi) is 5.09. The van der Waals surface area contributed by atoms with Crippen molar-refractivity contribution in [3.63, 3.8) is 0 Å². The topological polar surface area (TPSA) is 21.3 Å². The number of alkyl halides is 1. The normalized spacial score (nSPS) is 22.6. The fourth-order valence-electron chi connectivity index (χ4n) is 2.44. The summed E-state index contributed by atoms with van der Waals surface area (Å²) in [5, 5.41) is 3.14. The molecule has 2 rings (SSSR count). The molecule has 1 aromatic rings. The molecule has 0 amide bonds. The van der Waals surface area contributed by atoms with Crippen LogP contribution < -0.4 is 5.32 Å². The molecule has 0 aliphatic carbocycles. The summed E-state index contributed by atoms with van der Waals surface area (Å²) in [4.78, 5) is 0. The lowest BCUT2D eigenvalue weighted by Crippen LogP contribution is -2.45. The van der Waals surface area contributed by atoms with Crippen molar-refractivity contribution in [2.24, 2.45) is 0 Å². The maximum atomic E-state index is 14.6. The first-order valence-electron chi connectivity index (χ1n) is 6.51. The van der Waals surface area contributed by atoms with E-state index < -0.39 is 17.3 Å². The molecule has 0 bridgehead atoms. The number of morpholine rings is 1. The van der Waals surface area contributed by atoms with Gasteiger partial charge in [-0.2, -0.15) is 0 Å². The monoisotopic (exact) mass is 351 g/mol. The van der Waals surface area contributed by atoms with Gasteiger partial charge in [-0.05, 0) is 41.4 Å². The van der Waals surface area contributed by atoms with Crippen molar-refractivity contribution in [1.82, 2.24) is 5.32 Å². The van der Waals surface area contributed by atoms with Crippen molar-refractivity contribution in [2.75, 3.05) is 19.8 Å². The molecule has 1 aromatic carbocycles. The Labute approximate surface area is 124 Å². The molecule has 6 heteroatoms. The number of hydrogen-bond acceptors (Lipinski definition) is 2. The van der Waals surface area contributed by atoms with Gasteiger partial charge in [-0.15, -0.1) is 0 Å². The standard InChI is InChI=1S/C14H17BrF3NO/c1-14(18,6-9-8-20-5-4-19-9)7-10-12(16)3-2-11(15)13(10)17/h2-3,9,19H,4-8H2,1H3. The van der Waals surface area contributed by atoms with Gasteiger partial charge in [0.05, 0.1) is 17.7 Å². The molecule has 1 N–H and O–H groups in total. The lowest BCUT2D eigenvalue weighted by molar-refractivity contribution is 0.0479. The molecule has 1 heterocycles. The molecule has 0 saturated carbocycles. The smallest absolute Gasteiger partial charge is 0.143 e. The minimum atomic E-state index is -1.71. The second-order valence-corrected chi connectivity index (χ2v) is 6.20. The highest BCUT2D eigenvalue weighted by atomic mass is 79.9. The summed E-state index contributed by atoms with van der Waals surface area (Å²) in [5.74, 6) is -1.45.